The summed E-state index contributed by atoms with van der Waals surface area (Å²) in [7, 11) is 1.55. The maximum absolute atomic E-state index is 11.6. The van der Waals surface area contributed by atoms with Crippen molar-refractivity contribution < 1.29 is 14.6 Å². The summed E-state index contributed by atoms with van der Waals surface area (Å²) in [5.41, 5.74) is 2.72. The molecule has 1 N–H and O–H groups in total. The molecule has 9 heteroatoms. The minimum Gasteiger partial charge on any atom is -0.481 e. The number of nitrogens with zero attached hydrogens (tertiary/aromatic N) is 5. The van der Waals surface area contributed by atoms with Crippen molar-refractivity contribution in [3.05, 3.63) is 65.3 Å². The van der Waals surface area contributed by atoms with Crippen LogP contribution in [0.4, 0.5) is 0 Å². The van der Waals surface area contributed by atoms with Crippen LogP contribution in [0.25, 0.3) is 22.2 Å². The number of fused-ring (bicyclic) bond motifs is 1. The van der Waals surface area contributed by atoms with Gasteiger partial charge in [-0.2, -0.15) is 5.10 Å². The Kier molecular flexibility index (Phi) is 4.62. The average molecular weight is 396 g/mol. The van der Waals surface area contributed by atoms with Gasteiger partial charge in [0.25, 0.3) is 0 Å². The van der Waals surface area contributed by atoms with Crippen LogP contribution in [-0.4, -0.2) is 42.9 Å². The number of benzene rings is 1. The molecule has 0 saturated carbocycles. The van der Waals surface area contributed by atoms with Gasteiger partial charge in [-0.25, -0.2) is 9.78 Å². The second kappa shape index (κ2) is 7.24. The first-order valence-electron chi connectivity index (χ1n) is 8.25. The van der Waals surface area contributed by atoms with Gasteiger partial charge in [0.1, 0.15) is 0 Å². The normalized spacial score (nSPS) is 10.9. The number of hydrogen-bond donors (Lipinski definition) is 1. The number of aromatic carboxylic acids is 1. The summed E-state index contributed by atoms with van der Waals surface area (Å²) in [6.07, 6.45) is 6.49. The molecular formula is C19H14ClN5O3. The first kappa shape index (κ1) is 17.9. The van der Waals surface area contributed by atoms with Crippen molar-refractivity contribution in [3.63, 3.8) is 0 Å². The van der Waals surface area contributed by atoms with Crippen molar-refractivity contribution in [2.45, 2.75) is 6.54 Å². The number of carbonyl (C=O) groups is 1. The average Bonchev–Trinajstić information content (AvgIpc) is 3.10. The number of halogens is 1. The topological polar surface area (TPSA) is 103 Å². The van der Waals surface area contributed by atoms with Crippen molar-refractivity contribution in [1.82, 2.24) is 24.7 Å². The fourth-order valence-corrected chi connectivity index (χ4v) is 3.13. The van der Waals surface area contributed by atoms with Crippen molar-refractivity contribution in [3.8, 4) is 17.1 Å². The number of carboxylic acids is 1. The van der Waals surface area contributed by atoms with E-state index in [0.717, 1.165) is 5.56 Å². The Hall–Kier alpha value is -3.52. The van der Waals surface area contributed by atoms with Crippen molar-refractivity contribution in [1.29, 1.82) is 0 Å². The summed E-state index contributed by atoms with van der Waals surface area (Å²) >= 11 is 6.00. The van der Waals surface area contributed by atoms with E-state index in [9.17, 15) is 9.90 Å². The van der Waals surface area contributed by atoms with Gasteiger partial charge in [0, 0.05) is 28.2 Å². The molecule has 0 aliphatic carbocycles. The second-order valence-corrected chi connectivity index (χ2v) is 6.41. The van der Waals surface area contributed by atoms with E-state index in [1.807, 2.05) is 6.07 Å². The van der Waals surface area contributed by atoms with Crippen LogP contribution in [-0.2, 0) is 6.54 Å². The van der Waals surface area contributed by atoms with Crippen LogP contribution in [0.15, 0.2) is 49.1 Å². The Morgan fingerprint density at radius 3 is 2.75 bits per heavy atom. The summed E-state index contributed by atoms with van der Waals surface area (Å²) in [6, 6.07) is 6.68. The molecule has 1 aromatic carbocycles. The molecule has 0 unspecified atom stereocenters. The molecule has 4 aromatic rings. The van der Waals surface area contributed by atoms with Crippen LogP contribution < -0.4 is 4.74 Å². The minimum atomic E-state index is -1.07. The van der Waals surface area contributed by atoms with Crippen LogP contribution in [0.5, 0.6) is 5.88 Å². The van der Waals surface area contributed by atoms with Crippen molar-refractivity contribution >= 4 is 28.5 Å². The summed E-state index contributed by atoms with van der Waals surface area (Å²) < 4.78 is 6.70. The van der Waals surface area contributed by atoms with Gasteiger partial charge in [-0.05, 0) is 18.2 Å². The van der Waals surface area contributed by atoms with E-state index < -0.39 is 5.97 Å². The molecule has 0 radical (unpaired) electrons. The van der Waals surface area contributed by atoms with E-state index in [2.05, 4.69) is 20.1 Å². The molecule has 0 aliphatic heterocycles. The summed E-state index contributed by atoms with van der Waals surface area (Å²) in [4.78, 5) is 24.5. The number of pyridine rings is 1. The smallest absolute Gasteiger partial charge is 0.337 e. The number of hydrogen-bond acceptors (Lipinski definition) is 6. The lowest BCUT2D eigenvalue weighted by Gasteiger charge is -2.07. The first-order chi connectivity index (χ1) is 13.5. The van der Waals surface area contributed by atoms with Crippen molar-refractivity contribution in [2.24, 2.45) is 0 Å². The van der Waals surface area contributed by atoms with E-state index in [0.29, 0.717) is 33.2 Å². The van der Waals surface area contributed by atoms with E-state index in [-0.39, 0.29) is 12.1 Å². The SMILES string of the molecule is COc1cc(-c2cnc(Cn3ncc4cc(Cl)cc(C(=O)O)c43)cn2)ccn1. The predicted octanol–water partition coefficient (Wildman–Crippen LogP) is 3.30. The first-order valence-corrected chi connectivity index (χ1v) is 8.62. The Bertz CT molecular complexity index is 1170. The summed E-state index contributed by atoms with van der Waals surface area (Å²) in [6.45, 7) is 0.276. The zero-order valence-electron chi connectivity index (χ0n) is 14.7. The van der Waals surface area contributed by atoms with Gasteiger partial charge in [0.05, 0.1) is 54.7 Å². The molecular weight excluding hydrogens is 382 g/mol. The Morgan fingerprint density at radius 2 is 2.04 bits per heavy atom. The lowest BCUT2D eigenvalue weighted by Crippen LogP contribution is -2.08. The monoisotopic (exact) mass is 395 g/mol. The second-order valence-electron chi connectivity index (χ2n) is 5.98. The van der Waals surface area contributed by atoms with Crippen LogP contribution in [0.3, 0.4) is 0 Å². The van der Waals surface area contributed by atoms with Crippen LogP contribution >= 0.6 is 11.6 Å². The molecule has 3 heterocycles. The molecule has 0 atom stereocenters. The summed E-state index contributed by atoms with van der Waals surface area (Å²) in [5.74, 6) is -0.575. The van der Waals surface area contributed by atoms with Crippen LogP contribution in [0.2, 0.25) is 5.02 Å². The van der Waals surface area contributed by atoms with Crippen LogP contribution in [0.1, 0.15) is 16.1 Å². The highest BCUT2D eigenvalue weighted by Crippen LogP contribution is 2.25. The van der Waals surface area contributed by atoms with Crippen LogP contribution in [0, 0.1) is 0 Å². The third-order valence-electron chi connectivity index (χ3n) is 4.19. The predicted molar refractivity (Wildman–Crippen MR) is 103 cm³/mol. The van der Waals surface area contributed by atoms with Gasteiger partial charge < -0.3 is 9.84 Å². The highest BCUT2D eigenvalue weighted by molar-refractivity contribution is 6.32. The molecule has 0 aliphatic rings. The van der Waals surface area contributed by atoms with Gasteiger partial charge in [0.2, 0.25) is 5.88 Å². The highest BCUT2D eigenvalue weighted by atomic mass is 35.5. The zero-order chi connectivity index (χ0) is 19.7. The third-order valence-corrected chi connectivity index (χ3v) is 4.40. The van der Waals surface area contributed by atoms with Gasteiger partial charge in [-0.3, -0.25) is 14.6 Å². The van der Waals surface area contributed by atoms with Crippen molar-refractivity contribution in [2.75, 3.05) is 7.11 Å². The van der Waals surface area contributed by atoms with Gasteiger partial charge in [-0.15, -0.1) is 0 Å². The Balaban J connectivity index is 1.66. The lowest BCUT2D eigenvalue weighted by molar-refractivity contribution is 0.0698. The number of carboxylic acid groups (broad SMARTS) is 1. The maximum Gasteiger partial charge on any atom is 0.337 e. The minimum absolute atomic E-state index is 0.0912. The maximum atomic E-state index is 11.6. The standard InChI is InChI=1S/C19H14ClN5O3/c1-28-17-5-11(2-3-21-17)16-9-22-14(8-23-16)10-25-18-12(7-24-25)4-13(20)6-15(18)19(26)27/h2-9H,10H2,1H3,(H,26,27). The third kappa shape index (κ3) is 3.37. The zero-order valence-corrected chi connectivity index (χ0v) is 15.5. The van der Waals surface area contributed by atoms with Gasteiger partial charge in [-0.1, -0.05) is 11.6 Å². The van der Waals surface area contributed by atoms with E-state index in [4.69, 9.17) is 16.3 Å². The van der Waals surface area contributed by atoms with Gasteiger partial charge in [0.15, 0.2) is 0 Å². The number of methoxy groups -OCH3 is 1. The van der Waals surface area contributed by atoms with E-state index in [1.165, 1.54) is 6.07 Å². The fraction of sp³-hybridized carbons (Fsp3) is 0.105. The largest absolute Gasteiger partial charge is 0.481 e. The fourth-order valence-electron chi connectivity index (χ4n) is 2.90. The molecule has 0 spiro atoms. The summed E-state index contributed by atoms with van der Waals surface area (Å²) in [5, 5.41) is 14.8. The van der Waals surface area contributed by atoms with E-state index >= 15 is 0 Å². The molecule has 0 amide bonds. The molecule has 140 valence electrons. The molecule has 28 heavy (non-hydrogen) atoms. The Morgan fingerprint density at radius 1 is 1.18 bits per heavy atom. The number of aromatic nitrogens is 5. The Labute approximate surface area is 164 Å². The molecule has 0 saturated heterocycles. The molecule has 8 nitrogen and oxygen atoms in total. The molecule has 3 aromatic heterocycles. The molecule has 0 fully saturated rings. The molecule has 0 bridgehead atoms. The number of ether oxygens (including phenoxy) is 1. The highest BCUT2D eigenvalue weighted by Gasteiger charge is 2.16. The number of rotatable bonds is 5. The van der Waals surface area contributed by atoms with E-state index in [1.54, 1.807) is 48.7 Å². The lowest BCUT2D eigenvalue weighted by atomic mass is 10.1. The molecule has 4 rings (SSSR count). The van der Waals surface area contributed by atoms with Gasteiger partial charge >= 0.3 is 5.97 Å². The quantitative estimate of drug-likeness (QED) is 0.553.